The lowest BCUT2D eigenvalue weighted by Gasteiger charge is -2.11. The number of hydrogen-bond acceptors (Lipinski definition) is 8. The number of ether oxygens (including phenoxy) is 2. The third kappa shape index (κ3) is 5.06. The smallest absolute Gasteiger partial charge is 0.343 e. The fourth-order valence-corrected chi connectivity index (χ4v) is 3.33. The van der Waals surface area contributed by atoms with Crippen molar-refractivity contribution >= 4 is 28.8 Å². The molecule has 0 N–H and O–H groups in total. The van der Waals surface area contributed by atoms with Crippen molar-refractivity contribution in [3.8, 4) is 11.5 Å². The van der Waals surface area contributed by atoms with Crippen LogP contribution in [-0.2, 0) is 0 Å². The summed E-state index contributed by atoms with van der Waals surface area (Å²) >= 11 is 0. The summed E-state index contributed by atoms with van der Waals surface area (Å²) in [4.78, 5) is 40.0. The first kappa shape index (κ1) is 23.3. The lowest BCUT2D eigenvalue weighted by molar-refractivity contribution is -0.384. The van der Waals surface area contributed by atoms with Crippen LogP contribution in [0, 0.1) is 17.0 Å². The monoisotopic (exact) mass is 472 g/mol. The van der Waals surface area contributed by atoms with E-state index in [4.69, 9.17) is 9.47 Å². The van der Waals surface area contributed by atoms with Crippen LogP contribution >= 0.6 is 0 Å². The second-order valence-electron chi connectivity index (χ2n) is 7.37. The van der Waals surface area contributed by atoms with Crippen molar-refractivity contribution in [2.24, 2.45) is 5.10 Å². The molecular weight excluding hydrogens is 452 g/mol. The fraction of sp³-hybridized carbons (Fsp3) is 0.120. The third-order valence-corrected chi connectivity index (χ3v) is 5.02. The van der Waals surface area contributed by atoms with Crippen LogP contribution in [-0.4, -0.2) is 33.4 Å². The zero-order chi connectivity index (χ0) is 24.9. The maximum Gasteiger partial charge on any atom is 0.343 e. The first-order chi connectivity index (χ1) is 16.9. The Labute approximate surface area is 199 Å². The zero-order valence-electron chi connectivity index (χ0n) is 18.9. The maximum absolute atomic E-state index is 12.8. The number of aromatic nitrogens is 2. The molecule has 10 heteroatoms. The minimum atomic E-state index is -0.688. The van der Waals surface area contributed by atoms with E-state index in [1.165, 1.54) is 35.2 Å². The number of carbonyl (C=O) groups is 1. The van der Waals surface area contributed by atoms with Gasteiger partial charge in [-0.05, 0) is 61.9 Å². The summed E-state index contributed by atoms with van der Waals surface area (Å²) in [5.41, 5.74) is 0.934. The van der Waals surface area contributed by atoms with Crippen LogP contribution in [0.2, 0.25) is 0 Å². The molecular formula is C25H20N4O6. The number of fused-ring (bicyclic) bond motifs is 1. The summed E-state index contributed by atoms with van der Waals surface area (Å²) in [7, 11) is 0. The number of nitro benzene ring substituents is 1. The van der Waals surface area contributed by atoms with Gasteiger partial charge in [0, 0.05) is 12.1 Å². The molecule has 0 saturated heterocycles. The standard InChI is InChI=1S/C25H20N4O6/c1-3-34-23-14-17(15-26-28-16(2)27-21-7-5-4-6-20(21)24(28)30)8-13-22(23)35-25(31)18-9-11-19(12-10-18)29(32)33/h4-15H,3H2,1-2H3. The van der Waals surface area contributed by atoms with Crippen molar-refractivity contribution in [1.82, 2.24) is 9.66 Å². The quantitative estimate of drug-likeness (QED) is 0.130. The highest BCUT2D eigenvalue weighted by atomic mass is 16.6. The van der Waals surface area contributed by atoms with Gasteiger partial charge >= 0.3 is 5.97 Å². The van der Waals surface area contributed by atoms with E-state index in [0.29, 0.717) is 34.6 Å². The van der Waals surface area contributed by atoms with Gasteiger partial charge in [0.15, 0.2) is 11.5 Å². The van der Waals surface area contributed by atoms with Gasteiger partial charge in [-0.2, -0.15) is 9.78 Å². The molecule has 0 amide bonds. The third-order valence-electron chi connectivity index (χ3n) is 5.02. The molecule has 1 aromatic heterocycles. The van der Waals surface area contributed by atoms with Crippen LogP contribution in [0.4, 0.5) is 5.69 Å². The zero-order valence-corrected chi connectivity index (χ0v) is 18.9. The van der Waals surface area contributed by atoms with Crippen LogP contribution in [0.3, 0.4) is 0 Å². The highest BCUT2D eigenvalue weighted by molar-refractivity contribution is 5.92. The minimum Gasteiger partial charge on any atom is -0.490 e. The normalized spacial score (nSPS) is 11.0. The molecule has 0 aliphatic rings. The van der Waals surface area contributed by atoms with Gasteiger partial charge < -0.3 is 9.47 Å². The molecule has 4 rings (SSSR count). The summed E-state index contributed by atoms with van der Waals surface area (Å²) < 4.78 is 12.3. The SMILES string of the molecule is CCOc1cc(C=Nn2c(C)nc3ccccc3c2=O)ccc1OC(=O)c1ccc([N+](=O)[O-])cc1. The average molecular weight is 472 g/mol. The summed E-state index contributed by atoms with van der Waals surface area (Å²) in [6, 6.07) is 17.0. The molecule has 3 aromatic carbocycles. The number of aryl methyl sites for hydroxylation is 1. The molecule has 0 atom stereocenters. The van der Waals surface area contributed by atoms with Gasteiger partial charge in [-0.3, -0.25) is 14.9 Å². The van der Waals surface area contributed by atoms with Gasteiger partial charge in [-0.15, -0.1) is 0 Å². The molecule has 176 valence electrons. The van der Waals surface area contributed by atoms with E-state index in [1.54, 1.807) is 50.2 Å². The van der Waals surface area contributed by atoms with Crippen LogP contribution in [0.15, 0.2) is 76.6 Å². The molecule has 0 saturated carbocycles. The van der Waals surface area contributed by atoms with Gasteiger partial charge in [0.2, 0.25) is 0 Å². The fourth-order valence-electron chi connectivity index (χ4n) is 3.33. The molecule has 0 aliphatic heterocycles. The van der Waals surface area contributed by atoms with E-state index < -0.39 is 10.9 Å². The van der Waals surface area contributed by atoms with Gasteiger partial charge in [0.25, 0.3) is 11.2 Å². The number of benzene rings is 3. The Morgan fingerprint density at radius 3 is 2.57 bits per heavy atom. The summed E-state index contributed by atoms with van der Waals surface area (Å²) in [6.07, 6.45) is 1.48. The maximum atomic E-state index is 12.8. The van der Waals surface area contributed by atoms with Gasteiger partial charge in [-0.25, -0.2) is 9.78 Å². The molecule has 0 aliphatic carbocycles. The predicted octanol–water partition coefficient (Wildman–Crippen LogP) is 4.11. The number of carbonyl (C=O) groups excluding carboxylic acids is 1. The van der Waals surface area contributed by atoms with E-state index in [9.17, 15) is 19.7 Å². The Balaban J connectivity index is 1.59. The van der Waals surface area contributed by atoms with Crippen molar-refractivity contribution in [2.75, 3.05) is 6.61 Å². The van der Waals surface area contributed by atoms with E-state index in [1.807, 2.05) is 6.07 Å². The Bertz CT molecular complexity index is 1510. The Morgan fingerprint density at radius 1 is 1.11 bits per heavy atom. The van der Waals surface area contributed by atoms with Crippen LogP contribution < -0.4 is 15.0 Å². The molecule has 0 radical (unpaired) electrons. The summed E-state index contributed by atoms with van der Waals surface area (Å²) in [5.74, 6) is 0.218. The number of rotatable bonds is 7. The number of nitrogens with zero attached hydrogens (tertiary/aromatic N) is 4. The van der Waals surface area contributed by atoms with Crippen molar-refractivity contribution < 1.29 is 19.2 Å². The van der Waals surface area contributed by atoms with Gasteiger partial charge in [0.05, 0.1) is 34.2 Å². The first-order valence-corrected chi connectivity index (χ1v) is 10.6. The Hall–Kier alpha value is -4.86. The van der Waals surface area contributed by atoms with Crippen molar-refractivity contribution in [3.63, 3.8) is 0 Å². The summed E-state index contributed by atoms with van der Waals surface area (Å²) in [6.45, 7) is 3.79. The highest BCUT2D eigenvalue weighted by Gasteiger charge is 2.15. The molecule has 4 aromatic rings. The van der Waals surface area contributed by atoms with Crippen LogP contribution in [0.5, 0.6) is 11.5 Å². The topological polar surface area (TPSA) is 126 Å². The second kappa shape index (κ2) is 9.96. The summed E-state index contributed by atoms with van der Waals surface area (Å²) in [5, 5.41) is 15.5. The minimum absolute atomic E-state index is 0.129. The first-order valence-electron chi connectivity index (χ1n) is 10.6. The molecule has 0 bridgehead atoms. The largest absolute Gasteiger partial charge is 0.490 e. The molecule has 35 heavy (non-hydrogen) atoms. The van der Waals surface area contributed by atoms with Gasteiger partial charge in [0.1, 0.15) is 5.82 Å². The molecule has 0 fully saturated rings. The average Bonchev–Trinajstić information content (AvgIpc) is 2.85. The number of esters is 1. The predicted molar refractivity (Wildman–Crippen MR) is 129 cm³/mol. The van der Waals surface area contributed by atoms with E-state index in [0.717, 1.165) is 0 Å². The Morgan fingerprint density at radius 2 is 1.86 bits per heavy atom. The lowest BCUT2D eigenvalue weighted by atomic mass is 10.2. The van der Waals surface area contributed by atoms with Gasteiger partial charge in [-0.1, -0.05) is 12.1 Å². The van der Waals surface area contributed by atoms with Crippen LogP contribution in [0.25, 0.3) is 10.9 Å². The van der Waals surface area contributed by atoms with Crippen molar-refractivity contribution in [2.45, 2.75) is 13.8 Å². The van der Waals surface area contributed by atoms with Crippen molar-refractivity contribution in [1.29, 1.82) is 0 Å². The Kier molecular flexibility index (Phi) is 6.63. The van der Waals surface area contributed by atoms with E-state index >= 15 is 0 Å². The number of para-hydroxylation sites is 1. The molecule has 1 heterocycles. The van der Waals surface area contributed by atoms with E-state index in [-0.39, 0.29) is 22.6 Å². The van der Waals surface area contributed by atoms with Crippen LogP contribution in [0.1, 0.15) is 28.7 Å². The highest BCUT2D eigenvalue weighted by Crippen LogP contribution is 2.29. The molecule has 0 spiro atoms. The number of hydrogen-bond donors (Lipinski definition) is 0. The number of nitro groups is 1. The molecule has 10 nitrogen and oxygen atoms in total. The molecule has 0 unspecified atom stereocenters. The van der Waals surface area contributed by atoms with E-state index in [2.05, 4.69) is 10.1 Å². The number of non-ortho nitro benzene ring substituents is 1. The second-order valence-corrected chi connectivity index (χ2v) is 7.37. The lowest BCUT2D eigenvalue weighted by Crippen LogP contribution is -2.20. The van der Waals surface area contributed by atoms with Crippen molar-refractivity contribution in [3.05, 3.63) is 104 Å².